The fraction of sp³-hybridized carbons (Fsp3) is 0.484. The van der Waals surface area contributed by atoms with Gasteiger partial charge in [-0.05, 0) is 44.7 Å². The van der Waals surface area contributed by atoms with Crippen LogP contribution in [0.2, 0.25) is 0 Å². The van der Waals surface area contributed by atoms with Crippen molar-refractivity contribution in [2.24, 2.45) is 0 Å². The van der Waals surface area contributed by atoms with Gasteiger partial charge in [-0.15, -0.1) is 0 Å². The Labute approximate surface area is 259 Å². The van der Waals surface area contributed by atoms with Gasteiger partial charge >= 0.3 is 6.18 Å². The Kier molecular flexibility index (Phi) is 8.79. The average molecular weight is 629 g/mol. The van der Waals surface area contributed by atoms with Gasteiger partial charge in [-0.1, -0.05) is 12.6 Å². The minimum absolute atomic E-state index is 0.0397. The zero-order valence-corrected chi connectivity index (χ0v) is 25.5. The number of hydrogen-bond donors (Lipinski definition) is 1. The first-order chi connectivity index (χ1) is 21.3. The third kappa shape index (κ3) is 6.19. The minimum atomic E-state index is -4.79. The normalized spacial score (nSPS) is 20.6. The van der Waals surface area contributed by atoms with E-state index in [4.69, 9.17) is 0 Å². The van der Waals surface area contributed by atoms with Crippen molar-refractivity contribution >= 4 is 29.0 Å². The summed E-state index contributed by atoms with van der Waals surface area (Å²) < 4.78 is 56.6. The summed E-state index contributed by atoms with van der Waals surface area (Å²) in [7, 11) is 3.54. The van der Waals surface area contributed by atoms with Crippen LogP contribution in [0.4, 0.5) is 34.8 Å². The lowest BCUT2D eigenvalue weighted by Gasteiger charge is -2.59. The molecule has 0 bridgehead atoms. The number of aryl methyl sites for hydroxylation is 1. The van der Waals surface area contributed by atoms with Gasteiger partial charge in [0.15, 0.2) is 0 Å². The molecule has 14 heteroatoms. The predicted molar refractivity (Wildman–Crippen MR) is 161 cm³/mol. The van der Waals surface area contributed by atoms with Gasteiger partial charge in [-0.3, -0.25) is 19.4 Å². The molecular formula is C31H36F4N8O2. The molecule has 240 valence electrons. The molecule has 1 aromatic carbocycles. The van der Waals surface area contributed by atoms with E-state index in [0.29, 0.717) is 31.9 Å². The smallest absolute Gasteiger partial charge is 0.366 e. The second kappa shape index (κ2) is 12.3. The number of halogens is 4. The van der Waals surface area contributed by atoms with Crippen LogP contribution in [0, 0.1) is 24.1 Å². The Balaban J connectivity index is 1.38. The molecule has 2 aromatic rings. The van der Waals surface area contributed by atoms with Gasteiger partial charge in [-0.25, -0.2) is 9.37 Å². The molecule has 4 heterocycles. The van der Waals surface area contributed by atoms with Gasteiger partial charge in [0, 0.05) is 65.1 Å². The van der Waals surface area contributed by atoms with Gasteiger partial charge in [0.05, 0.1) is 22.5 Å². The number of alkyl halides is 3. The van der Waals surface area contributed by atoms with Crippen molar-refractivity contribution in [2.75, 3.05) is 81.6 Å². The highest BCUT2D eigenvalue weighted by atomic mass is 19.4. The summed E-state index contributed by atoms with van der Waals surface area (Å²) in [6.45, 7) is 9.68. The van der Waals surface area contributed by atoms with Crippen molar-refractivity contribution in [1.29, 1.82) is 5.26 Å². The fourth-order valence-electron chi connectivity index (χ4n) is 6.49. The lowest BCUT2D eigenvalue weighted by Crippen LogP contribution is -2.76. The van der Waals surface area contributed by atoms with Crippen LogP contribution in [0.5, 0.6) is 0 Å². The van der Waals surface area contributed by atoms with E-state index in [1.807, 2.05) is 4.90 Å². The van der Waals surface area contributed by atoms with Crippen LogP contribution >= 0.6 is 0 Å². The molecule has 2 saturated heterocycles. The first-order valence-electron chi connectivity index (χ1n) is 14.7. The maximum absolute atomic E-state index is 15.4. The predicted octanol–water partition coefficient (Wildman–Crippen LogP) is 3.09. The fourth-order valence-corrected chi connectivity index (χ4v) is 6.49. The topological polar surface area (TPSA) is 99.0 Å². The summed E-state index contributed by atoms with van der Waals surface area (Å²) in [4.78, 5) is 39.3. The van der Waals surface area contributed by atoms with Crippen LogP contribution in [0.3, 0.4) is 0 Å². The summed E-state index contributed by atoms with van der Waals surface area (Å²) >= 11 is 0. The molecule has 1 atom stereocenters. The molecule has 1 N–H and O–H groups in total. The van der Waals surface area contributed by atoms with Crippen molar-refractivity contribution < 1.29 is 27.2 Å². The number of benzene rings is 1. The van der Waals surface area contributed by atoms with Gasteiger partial charge in [0.25, 0.3) is 0 Å². The molecular weight excluding hydrogens is 592 g/mol. The standard InChI is InChI=1S/C31H36F4N8O2/c1-5-26(44)43-18-30(19-43)17-41(12-11-39(30)3)13-14-42-10-9-24(29(45)40(4)25-8-6-7-23(32)27(25)42)38-28-21(16-36)22(31(33,34)35)15-20(2)37-28/h5-8,15,24H,1,9-14,17-19H2,2-4H3,(H,37,38). The number of carbonyl (C=O) groups is 2. The number of hydrogen-bond acceptors (Lipinski definition) is 8. The van der Waals surface area contributed by atoms with Gasteiger partial charge in [-0.2, -0.15) is 18.4 Å². The Morgan fingerprint density at radius 2 is 1.93 bits per heavy atom. The van der Waals surface area contributed by atoms with E-state index in [1.165, 1.54) is 37.1 Å². The molecule has 3 aliphatic heterocycles. The van der Waals surface area contributed by atoms with Crippen LogP contribution in [0.25, 0.3) is 0 Å². The molecule has 1 aromatic heterocycles. The van der Waals surface area contributed by atoms with Crippen LogP contribution in [0.1, 0.15) is 23.2 Å². The third-order valence-corrected chi connectivity index (χ3v) is 9.06. The van der Waals surface area contributed by atoms with E-state index in [1.54, 1.807) is 17.0 Å². The van der Waals surface area contributed by atoms with E-state index < -0.39 is 35.1 Å². The van der Waals surface area contributed by atoms with E-state index in [2.05, 4.69) is 33.7 Å². The van der Waals surface area contributed by atoms with E-state index in [0.717, 1.165) is 25.7 Å². The highest BCUT2D eigenvalue weighted by molar-refractivity contribution is 6.01. The van der Waals surface area contributed by atoms with Crippen molar-refractivity contribution in [2.45, 2.75) is 31.1 Å². The Morgan fingerprint density at radius 1 is 1.20 bits per heavy atom. The molecule has 0 saturated carbocycles. The number of nitrogens with zero attached hydrogens (tertiary/aromatic N) is 7. The maximum atomic E-state index is 15.4. The quantitative estimate of drug-likeness (QED) is 0.385. The maximum Gasteiger partial charge on any atom is 0.417 e. The molecule has 1 spiro atoms. The first-order valence-corrected chi connectivity index (χ1v) is 14.7. The van der Waals surface area contributed by atoms with Gasteiger partial charge in [0.1, 0.15) is 29.3 Å². The molecule has 10 nitrogen and oxygen atoms in total. The number of piperazine rings is 1. The number of amides is 2. The number of likely N-dealkylation sites (N-methyl/N-ethyl adjacent to an activating group) is 2. The number of fused-ring (bicyclic) bond motifs is 1. The lowest BCUT2D eigenvalue weighted by molar-refractivity contribution is -0.145. The zero-order valence-electron chi connectivity index (χ0n) is 25.5. The summed E-state index contributed by atoms with van der Waals surface area (Å²) in [5.41, 5.74) is -1.36. The Hall–Kier alpha value is -4.22. The first kappa shape index (κ1) is 32.2. The Bertz CT molecular complexity index is 1530. The van der Waals surface area contributed by atoms with Crippen molar-refractivity contribution in [3.05, 3.63) is 59.6 Å². The SMILES string of the molecule is C=CC(=O)N1CC2(CN(CCN3CCC(Nc4nc(C)cc(C(F)(F)F)c4C#N)C(=O)N(C)c4cccc(F)c43)CCN2C)C1. The van der Waals surface area contributed by atoms with Crippen molar-refractivity contribution in [3.8, 4) is 6.07 Å². The van der Waals surface area contributed by atoms with Gasteiger partial charge in [0.2, 0.25) is 11.8 Å². The molecule has 3 aliphatic rings. The van der Waals surface area contributed by atoms with Gasteiger partial charge < -0.3 is 20.0 Å². The number of rotatable bonds is 6. The average Bonchev–Trinajstić information content (AvgIpc) is 2.98. The van der Waals surface area contributed by atoms with E-state index in [-0.39, 0.29) is 41.6 Å². The number of carbonyl (C=O) groups excluding carboxylic acids is 2. The van der Waals surface area contributed by atoms with Crippen LogP contribution in [0.15, 0.2) is 36.9 Å². The number of aromatic nitrogens is 1. The molecule has 2 fully saturated rings. The second-order valence-corrected chi connectivity index (χ2v) is 11.9. The summed E-state index contributed by atoms with van der Waals surface area (Å²) in [6.07, 6.45) is -3.36. The molecule has 1 unspecified atom stereocenters. The van der Waals surface area contributed by atoms with E-state index >= 15 is 4.39 Å². The van der Waals surface area contributed by atoms with E-state index in [9.17, 15) is 28.0 Å². The molecule has 45 heavy (non-hydrogen) atoms. The number of likely N-dealkylation sites (tertiary alicyclic amines) is 1. The van der Waals surface area contributed by atoms with Crippen LogP contribution < -0.4 is 15.1 Å². The number of nitrogens with one attached hydrogen (secondary N) is 1. The number of nitriles is 1. The van der Waals surface area contributed by atoms with Crippen LogP contribution in [-0.2, 0) is 15.8 Å². The minimum Gasteiger partial charge on any atom is -0.366 e. The van der Waals surface area contributed by atoms with Crippen molar-refractivity contribution in [1.82, 2.24) is 19.7 Å². The summed E-state index contributed by atoms with van der Waals surface area (Å²) in [5.74, 6) is -1.41. The highest BCUT2D eigenvalue weighted by Crippen LogP contribution is 2.37. The highest BCUT2D eigenvalue weighted by Gasteiger charge is 2.50. The summed E-state index contributed by atoms with van der Waals surface area (Å²) in [5, 5.41) is 12.4. The van der Waals surface area contributed by atoms with Crippen LogP contribution in [-0.4, -0.2) is 110 Å². The number of para-hydroxylation sites is 1. The number of pyridine rings is 1. The molecule has 5 rings (SSSR count). The zero-order chi connectivity index (χ0) is 32.7. The summed E-state index contributed by atoms with van der Waals surface area (Å²) in [6, 6.07) is 5.83. The lowest BCUT2D eigenvalue weighted by atomic mass is 9.85. The monoisotopic (exact) mass is 628 g/mol. The third-order valence-electron chi connectivity index (χ3n) is 9.06. The molecule has 0 aliphatic carbocycles. The largest absolute Gasteiger partial charge is 0.417 e. The molecule has 0 radical (unpaired) electrons. The molecule has 2 amide bonds. The second-order valence-electron chi connectivity index (χ2n) is 11.9. The van der Waals surface area contributed by atoms with Crippen molar-refractivity contribution in [3.63, 3.8) is 0 Å². The number of anilines is 3. The Morgan fingerprint density at radius 3 is 2.60 bits per heavy atom.